The van der Waals surface area contributed by atoms with E-state index in [9.17, 15) is 4.79 Å². The fraction of sp³-hybridized carbons (Fsp3) is 0.944. The van der Waals surface area contributed by atoms with E-state index >= 15 is 0 Å². The molecule has 1 saturated carbocycles. The fourth-order valence-electron chi connectivity index (χ4n) is 3.38. The molecular weight excluding hydrogens is 294 g/mol. The predicted octanol–water partition coefficient (Wildman–Crippen LogP) is 4.10. The first-order chi connectivity index (χ1) is 10.7. The zero-order valence-corrected chi connectivity index (χ0v) is 15.4. The zero-order chi connectivity index (χ0) is 17.1. The second-order valence-corrected chi connectivity index (χ2v) is 8.18. The van der Waals surface area contributed by atoms with E-state index in [0.29, 0.717) is 19.3 Å². The van der Waals surface area contributed by atoms with Crippen molar-refractivity contribution in [1.82, 2.24) is 4.90 Å². The lowest BCUT2D eigenvalue weighted by Gasteiger charge is -2.35. The van der Waals surface area contributed by atoms with Crippen LogP contribution in [0, 0.1) is 0 Å². The van der Waals surface area contributed by atoms with E-state index in [0.717, 1.165) is 6.42 Å². The molecule has 0 radical (unpaired) electrons. The molecule has 23 heavy (non-hydrogen) atoms. The maximum atomic E-state index is 12.5. The Bertz CT molecular complexity index is 396. The van der Waals surface area contributed by atoms with Gasteiger partial charge in [0, 0.05) is 6.61 Å². The summed E-state index contributed by atoms with van der Waals surface area (Å²) in [5, 5.41) is 0. The molecule has 0 unspecified atom stereocenters. The molecule has 5 heteroatoms. The average Bonchev–Trinajstić information content (AvgIpc) is 2.73. The summed E-state index contributed by atoms with van der Waals surface area (Å²) < 4.78 is 17.4. The summed E-state index contributed by atoms with van der Waals surface area (Å²) in [5.74, 6) is 0. The Morgan fingerprint density at radius 3 is 2.48 bits per heavy atom. The molecule has 1 heterocycles. The van der Waals surface area contributed by atoms with Gasteiger partial charge < -0.3 is 14.2 Å². The molecule has 0 aromatic rings. The van der Waals surface area contributed by atoms with Crippen LogP contribution in [0.5, 0.6) is 0 Å². The number of hydrogen-bond donors (Lipinski definition) is 0. The van der Waals surface area contributed by atoms with Gasteiger partial charge in [-0.05, 0) is 53.9 Å². The maximum absolute atomic E-state index is 12.5. The lowest BCUT2D eigenvalue weighted by Crippen LogP contribution is -2.50. The molecule has 2 rings (SSSR count). The average molecular weight is 327 g/mol. The SMILES string of the molecule is CC(C)(C)OC(=O)N1[C@@H](CCOC2CCCCC2)COC1(C)C. The second-order valence-electron chi connectivity index (χ2n) is 8.18. The number of carbonyl (C=O) groups excluding carboxylic acids is 1. The minimum atomic E-state index is -0.627. The number of nitrogens with zero attached hydrogens (tertiary/aromatic N) is 1. The third-order valence-electron chi connectivity index (χ3n) is 4.52. The number of hydrogen-bond acceptors (Lipinski definition) is 4. The van der Waals surface area contributed by atoms with Crippen LogP contribution in [-0.4, -0.2) is 47.7 Å². The Labute approximate surface area is 140 Å². The van der Waals surface area contributed by atoms with E-state index in [4.69, 9.17) is 14.2 Å². The van der Waals surface area contributed by atoms with Crippen molar-refractivity contribution >= 4 is 6.09 Å². The molecule has 5 nitrogen and oxygen atoms in total. The van der Waals surface area contributed by atoms with Gasteiger partial charge in [0.25, 0.3) is 0 Å². The molecule has 1 amide bonds. The first kappa shape index (κ1) is 18.5. The first-order valence-electron chi connectivity index (χ1n) is 8.97. The Kier molecular flexibility index (Phi) is 5.95. The fourth-order valence-corrected chi connectivity index (χ4v) is 3.38. The molecule has 2 aliphatic rings. The van der Waals surface area contributed by atoms with Gasteiger partial charge in [0.15, 0.2) is 0 Å². The first-order valence-corrected chi connectivity index (χ1v) is 8.97. The lowest BCUT2D eigenvalue weighted by atomic mass is 9.98. The van der Waals surface area contributed by atoms with Crippen LogP contribution in [0.4, 0.5) is 4.79 Å². The summed E-state index contributed by atoms with van der Waals surface area (Å²) in [6.07, 6.45) is 7.10. The van der Waals surface area contributed by atoms with Crippen molar-refractivity contribution < 1.29 is 19.0 Å². The van der Waals surface area contributed by atoms with Gasteiger partial charge in [0.1, 0.15) is 11.3 Å². The third kappa shape index (κ3) is 5.35. The monoisotopic (exact) mass is 327 g/mol. The highest BCUT2D eigenvalue weighted by molar-refractivity contribution is 5.69. The predicted molar refractivity (Wildman–Crippen MR) is 89.3 cm³/mol. The van der Waals surface area contributed by atoms with Crippen molar-refractivity contribution in [1.29, 1.82) is 0 Å². The Morgan fingerprint density at radius 1 is 1.22 bits per heavy atom. The number of carbonyl (C=O) groups is 1. The Balaban J connectivity index is 1.87. The van der Waals surface area contributed by atoms with E-state index in [-0.39, 0.29) is 12.1 Å². The number of amides is 1. The van der Waals surface area contributed by atoms with Gasteiger partial charge in [-0.2, -0.15) is 0 Å². The van der Waals surface area contributed by atoms with Crippen LogP contribution in [0.2, 0.25) is 0 Å². The number of ether oxygens (including phenoxy) is 3. The largest absolute Gasteiger partial charge is 0.444 e. The van der Waals surface area contributed by atoms with Crippen molar-refractivity contribution in [2.75, 3.05) is 13.2 Å². The molecule has 0 spiro atoms. The van der Waals surface area contributed by atoms with Crippen molar-refractivity contribution in [2.45, 2.75) is 96.6 Å². The van der Waals surface area contributed by atoms with Gasteiger partial charge in [-0.25, -0.2) is 4.79 Å². The summed E-state index contributed by atoms with van der Waals surface area (Å²) in [6, 6.07) is 0.0171. The molecule has 0 aromatic carbocycles. The van der Waals surface area contributed by atoms with Crippen molar-refractivity contribution in [2.24, 2.45) is 0 Å². The van der Waals surface area contributed by atoms with Crippen LogP contribution < -0.4 is 0 Å². The van der Waals surface area contributed by atoms with Crippen molar-refractivity contribution in [3.8, 4) is 0 Å². The molecule has 1 aliphatic carbocycles. The van der Waals surface area contributed by atoms with Crippen molar-refractivity contribution in [3.05, 3.63) is 0 Å². The molecule has 0 aromatic heterocycles. The van der Waals surface area contributed by atoms with Crippen LogP contribution in [0.1, 0.15) is 73.1 Å². The third-order valence-corrected chi connectivity index (χ3v) is 4.52. The van der Waals surface area contributed by atoms with Crippen LogP contribution >= 0.6 is 0 Å². The normalized spacial score (nSPS) is 25.6. The summed E-state index contributed by atoms with van der Waals surface area (Å²) >= 11 is 0. The van der Waals surface area contributed by atoms with E-state index in [1.807, 2.05) is 34.6 Å². The number of rotatable bonds is 4. The topological polar surface area (TPSA) is 48.0 Å². The van der Waals surface area contributed by atoms with Gasteiger partial charge in [-0.1, -0.05) is 19.3 Å². The van der Waals surface area contributed by atoms with Crippen LogP contribution in [-0.2, 0) is 14.2 Å². The summed E-state index contributed by atoms with van der Waals surface area (Å²) in [6.45, 7) is 10.7. The molecule has 1 atom stereocenters. The standard InChI is InChI=1S/C18H33NO4/c1-17(2,3)23-16(20)19-14(13-22-18(19,4)5)11-12-21-15-9-7-6-8-10-15/h14-15H,6-13H2,1-5H3/t14-/m0/s1. The van der Waals surface area contributed by atoms with Crippen LogP contribution in [0.3, 0.4) is 0 Å². The summed E-state index contributed by atoms with van der Waals surface area (Å²) in [7, 11) is 0. The van der Waals surface area contributed by atoms with E-state index in [1.54, 1.807) is 4.90 Å². The molecule has 0 N–H and O–H groups in total. The Hall–Kier alpha value is -0.810. The molecule has 2 fully saturated rings. The zero-order valence-electron chi connectivity index (χ0n) is 15.4. The molecular formula is C18H33NO4. The quantitative estimate of drug-likeness (QED) is 0.780. The molecule has 1 saturated heterocycles. The summed E-state index contributed by atoms with van der Waals surface area (Å²) in [5.41, 5.74) is -1.13. The second kappa shape index (κ2) is 7.39. The molecule has 1 aliphatic heterocycles. The van der Waals surface area contributed by atoms with E-state index in [1.165, 1.54) is 32.1 Å². The minimum Gasteiger partial charge on any atom is -0.444 e. The smallest absolute Gasteiger partial charge is 0.412 e. The highest BCUT2D eigenvalue weighted by atomic mass is 16.6. The minimum absolute atomic E-state index is 0.0171. The highest BCUT2D eigenvalue weighted by Gasteiger charge is 2.45. The van der Waals surface area contributed by atoms with Gasteiger partial charge in [0.05, 0.1) is 18.8 Å². The van der Waals surface area contributed by atoms with Crippen LogP contribution in [0.15, 0.2) is 0 Å². The highest BCUT2D eigenvalue weighted by Crippen LogP contribution is 2.31. The Morgan fingerprint density at radius 2 is 1.87 bits per heavy atom. The summed E-state index contributed by atoms with van der Waals surface area (Å²) in [4.78, 5) is 14.3. The van der Waals surface area contributed by atoms with Crippen molar-refractivity contribution in [3.63, 3.8) is 0 Å². The maximum Gasteiger partial charge on any atom is 0.412 e. The molecule has 0 bridgehead atoms. The lowest BCUT2D eigenvalue weighted by molar-refractivity contribution is -0.0639. The molecule has 134 valence electrons. The van der Waals surface area contributed by atoms with Gasteiger partial charge in [0.2, 0.25) is 0 Å². The van der Waals surface area contributed by atoms with E-state index in [2.05, 4.69) is 0 Å². The van der Waals surface area contributed by atoms with Gasteiger partial charge >= 0.3 is 6.09 Å². The van der Waals surface area contributed by atoms with Gasteiger partial charge in [-0.15, -0.1) is 0 Å². The van der Waals surface area contributed by atoms with E-state index < -0.39 is 11.3 Å². The van der Waals surface area contributed by atoms with Crippen LogP contribution in [0.25, 0.3) is 0 Å². The van der Waals surface area contributed by atoms with Gasteiger partial charge in [-0.3, -0.25) is 4.90 Å².